The molecule has 0 saturated heterocycles. The Balaban J connectivity index is 1.76. The quantitative estimate of drug-likeness (QED) is 0.520. The molecule has 0 bridgehead atoms. The molecule has 3 aromatic rings. The Labute approximate surface area is 172 Å². The van der Waals surface area contributed by atoms with E-state index in [1.54, 1.807) is 18.2 Å². The number of thiophene rings is 1. The van der Waals surface area contributed by atoms with E-state index < -0.39 is 5.97 Å². The largest absolute Gasteiger partial charge is 0.478 e. The molecular weight excluding hydrogens is 388 g/mol. The molecule has 0 radical (unpaired) electrons. The van der Waals surface area contributed by atoms with Gasteiger partial charge in [0.15, 0.2) is 6.61 Å². The van der Waals surface area contributed by atoms with Crippen molar-refractivity contribution in [3.05, 3.63) is 94.7 Å². The van der Waals surface area contributed by atoms with Crippen LogP contribution in [0.5, 0.6) is 0 Å². The Morgan fingerprint density at radius 2 is 1.76 bits per heavy atom. The van der Waals surface area contributed by atoms with Crippen molar-refractivity contribution in [2.75, 3.05) is 11.5 Å². The SMILES string of the molecule is C=C(NOCC(=O)N(Cc1ccccc1)c1ccccc1C(=O)O)c1cccs1. The zero-order valence-electron chi connectivity index (χ0n) is 15.6. The molecule has 6 nitrogen and oxygen atoms in total. The molecule has 2 N–H and O–H groups in total. The van der Waals surface area contributed by atoms with Gasteiger partial charge in [0.05, 0.1) is 28.4 Å². The highest BCUT2D eigenvalue weighted by molar-refractivity contribution is 7.11. The third-order valence-electron chi connectivity index (χ3n) is 4.12. The van der Waals surface area contributed by atoms with E-state index in [-0.39, 0.29) is 24.6 Å². The fourth-order valence-corrected chi connectivity index (χ4v) is 3.37. The lowest BCUT2D eigenvalue weighted by molar-refractivity contribution is -0.124. The Morgan fingerprint density at radius 1 is 1.03 bits per heavy atom. The van der Waals surface area contributed by atoms with Crippen LogP contribution in [-0.4, -0.2) is 23.6 Å². The van der Waals surface area contributed by atoms with Gasteiger partial charge in [-0.25, -0.2) is 4.79 Å². The third kappa shape index (κ3) is 5.31. The Morgan fingerprint density at radius 3 is 2.45 bits per heavy atom. The van der Waals surface area contributed by atoms with Crippen LogP contribution in [-0.2, 0) is 16.2 Å². The summed E-state index contributed by atoms with van der Waals surface area (Å²) >= 11 is 1.50. The minimum Gasteiger partial charge on any atom is -0.478 e. The molecule has 0 saturated carbocycles. The van der Waals surface area contributed by atoms with E-state index in [0.29, 0.717) is 11.4 Å². The van der Waals surface area contributed by atoms with Crippen LogP contribution in [0.2, 0.25) is 0 Å². The predicted molar refractivity (Wildman–Crippen MR) is 113 cm³/mol. The number of amides is 1. The van der Waals surface area contributed by atoms with Gasteiger partial charge in [-0.15, -0.1) is 11.3 Å². The van der Waals surface area contributed by atoms with Gasteiger partial charge in [-0.05, 0) is 29.1 Å². The molecule has 0 aliphatic rings. The van der Waals surface area contributed by atoms with Crippen LogP contribution in [0.1, 0.15) is 20.8 Å². The van der Waals surface area contributed by atoms with Crippen molar-refractivity contribution >= 4 is 34.6 Å². The van der Waals surface area contributed by atoms with Gasteiger partial charge in [0.2, 0.25) is 0 Å². The van der Waals surface area contributed by atoms with Crippen molar-refractivity contribution in [1.29, 1.82) is 0 Å². The average Bonchev–Trinajstić information content (AvgIpc) is 3.27. The maximum Gasteiger partial charge on any atom is 0.337 e. The highest BCUT2D eigenvalue weighted by atomic mass is 32.1. The number of para-hydroxylation sites is 1. The lowest BCUT2D eigenvalue weighted by atomic mass is 10.1. The fourth-order valence-electron chi connectivity index (χ4n) is 2.73. The van der Waals surface area contributed by atoms with E-state index in [2.05, 4.69) is 12.1 Å². The standard InChI is InChI=1S/C22H20N2O4S/c1-16(20-12-7-13-29-20)23-28-15-21(25)24(14-17-8-3-2-4-9-17)19-11-6-5-10-18(19)22(26)27/h2-13,23H,1,14-15H2,(H,26,27). The van der Waals surface area contributed by atoms with Crippen LogP contribution in [0.15, 0.2) is 78.7 Å². The topological polar surface area (TPSA) is 78.9 Å². The first-order chi connectivity index (χ1) is 14.1. The molecule has 0 atom stereocenters. The molecule has 29 heavy (non-hydrogen) atoms. The summed E-state index contributed by atoms with van der Waals surface area (Å²) in [7, 11) is 0. The molecule has 148 valence electrons. The molecule has 0 unspecified atom stereocenters. The number of nitrogens with one attached hydrogen (secondary N) is 1. The van der Waals surface area contributed by atoms with Crippen molar-refractivity contribution < 1.29 is 19.5 Å². The van der Waals surface area contributed by atoms with Crippen LogP contribution in [0.4, 0.5) is 5.69 Å². The maximum atomic E-state index is 12.9. The van der Waals surface area contributed by atoms with Crippen LogP contribution in [0.3, 0.4) is 0 Å². The van der Waals surface area contributed by atoms with Gasteiger partial charge in [-0.1, -0.05) is 55.1 Å². The molecule has 0 fully saturated rings. The summed E-state index contributed by atoms with van der Waals surface area (Å²) in [4.78, 5) is 32.2. The number of anilines is 1. The fraction of sp³-hybridized carbons (Fsp3) is 0.0909. The first kappa shape index (κ1) is 20.3. The number of rotatable bonds is 9. The number of aromatic carboxylic acids is 1. The normalized spacial score (nSPS) is 10.3. The second kappa shape index (κ2) is 9.68. The molecule has 2 aromatic carbocycles. The van der Waals surface area contributed by atoms with E-state index in [4.69, 9.17) is 4.84 Å². The summed E-state index contributed by atoms with van der Waals surface area (Å²) in [6.45, 7) is 3.81. The number of nitrogens with zero attached hydrogens (tertiary/aromatic N) is 1. The Hall–Kier alpha value is -3.42. The van der Waals surface area contributed by atoms with Gasteiger partial charge in [0, 0.05) is 0 Å². The third-order valence-corrected chi connectivity index (χ3v) is 5.05. The summed E-state index contributed by atoms with van der Waals surface area (Å²) in [5, 5.41) is 11.4. The zero-order valence-corrected chi connectivity index (χ0v) is 16.4. The van der Waals surface area contributed by atoms with E-state index in [9.17, 15) is 14.7 Å². The first-order valence-corrected chi connectivity index (χ1v) is 9.71. The molecule has 0 aliphatic carbocycles. The minimum atomic E-state index is -1.10. The summed E-state index contributed by atoms with van der Waals surface area (Å²) in [5.41, 5.74) is 4.46. The van der Waals surface area contributed by atoms with Gasteiger partial charge in [0.1, 0.15) is 0 Å². The first-order valence-electron chi connectivity index (χ1n) is 8.83. The highest BCUT2D eigenvalue weighted by Crippen LogP contribution is 2.23. The molecule has 1 aromatic heterocycles. The number of hydrogen-bond donors (Lipinski definition) is 2. The maximum absolute atomic E-state index is 12.9. The number of benzene rings is 2. The minimum absolute atomic E-state index is 0.0488. The van der Waals surface area contributed by atoms with Gasteiger partial charge in [0.25, 0.3) is 5.91 Å². The van der Waals surface area contributed by atoms with Gasteiger partial charge in [-0.3, -0.25) is 15.1 Å². The van der Waals surface area contributed by atoms with E-state index in [0.717, 1.165) is 10.4 Å². The van der Waals surface area contributed by atoms with Gasteiger partial charge < -0.3 is 10.0 Å². The van der Waals surface area contributed by atoms with Gasteiger partial charge >= 0.3 is 5.97 Å². The molecule has 1 amide bonds. The Kier molecular flexibility index (Phi) is 6.78. The molecular formula is C22H20N2O4S. The molecule has 1 heterocycles. The number of carbonyl (C=O) groups is 2. The van der Waals surface area contributed by atoms with Crippen molar-refractivity contribution in [2.45, 2.75) is 6.54 Å². The molecule has 0 spiro atoms. The number of hydroxylamine groups is 1. The second-order valence-corrected chi connectivity index (χ2v) is 7.08. The average molecular weight is 408 g/mol. The van der Waals surface area contributed by atoms with E-state index in [1.807, 2.05) is 47.8 Å². The van der Waals surface area contributed by atoms with Crippen molar-refractivity contribution in [1.82, 2.24) is 5.48 Å². The summed E-state index contributed by atoms with van der Waals surface area (Å²) < 4.78 is 0. The number of carbonyl (C=O) groups excluding carboxylic acids is 1. The van der Waals surface area contributed by atoms with Crippen molar-refractivity contribution in [3.8, 4) is 0 Å². The second-order valence-electron chi connectivity index (χ2n) is 6.13. The number of carboxylic acid groups (broad SMARTS) is 1. The lowest BCUT2D eigenvalue weighted by Gasteiger charge is -2.24. The van der Waals surface area contributed by atoms with Crippen LogP contribution < -0.4 is 10.4 Å². The summed E-state index contributed by atoms with van der Waals surface area (Å²) in [6.07, 6.45) is 0. The molecule has 7 heteroatoms. The van der Waals surface area contributed by atoms with E-state index in [1.165, 1.54) is 22.3 Å². The molecule has 0 aliphatic heterocycles. The van der Waals surface area contributed by atoms with Crippen LogP contribution in [0, 0.1) is 0 Å². The summed E-state index contributed by atoms with van der Waals surface area (Å²) in [6, 6.07) is 19.6. The highest BCUT2D eigenvalue weighted by Gasteiger charge is 2.22. The lowest BCUT2D eigenvalue weighted by Crippen LogP contribution is -2.36. The zero-order chi connectivity index (χ0) is 20.6. The Bertz CT molecular complexity index is 987. The van der Waals surface area contributed by atoms with Crippen LogP contribution in [0.25, 0.3) is 5.70 Å². The van der Waals surface area contributed by atoms with Crippen LogP contribution >= 0.6 is 11.3 Å². The van der Waals surface area contributed by atoms with Gasteiger partial charge in [-0.2, -0.15) is 0 Å². The van der Waals surface area contributed by atoms with Crippen molar-refractivity contribution in [2.24, 2.45) is 0 Å². The van der Waals surface area contributed by atoms with Crippen molar-refractivity contribution in [3.63, 3.8) is 0 Å². The van der Waals surface area contributed by atoms with E-state index >= 15 is 0 Å². The molecule has 3 rings (SSSR count). The monoisotopic (exact) mass is 408 g/mol. The summed E-state index contributed by atoms with van der Waals surface area (Å²) in [5.74, 6) is -1.48. The number of hydrogen-bond acceptors (Lipinski definition) is 5. The smallest absolute Gasteiger partial charge is 0.337 e. The predicted octanol–water partition coefficient (Wildman–Crippen LogP) is 4.17. The number of carboxylic acids is 1.